The minimum Gasteiger partial charge on any atom is -0.383 e. The maximum atomic E-state index is 8.91. The van der Waals surface area contributed by atoms with Crippen LogP contribution in [0.25, 0.3) is 0 Å². The van der Waals surface area contributed by atoms with Gasteiger partial charge in [-0.05, 0) is 70.7 Å². The quantitative estimate of drug-likeness (QED) is 0.754. The number of benzene rings is 1. The summed E-state index contributed by atoms with van der Waals surface area (Å²) in [4.78, 5) is 0. The lowest BCUT2D eigenvalue weighted by Crippen LogP contribution is -2.11. The van der Waals surface area contributed by atoms with Crippen molar-refractivity contribution in [2.75, 3.05) is 11.9 Å². The molecule has 0 aliphatic heterocycles. The zero-order chi connectivity index (χ0) is 12.9. The minimum atomic E-state index is -0.229. The van der Waals surface area contributed by atoms with Crippen molar-refractivity contribution >= 4 is 37.5 Å². The highest BCUT2D eigenvalue weighted by Crippen LogP contribution is 2.30. The van der Waals surface area contributed by atoms with E-state index in [1.807, 2.05) is 32.0 Å². The van der Waals surface area contributed by atoms with E-state index >= 15 is 0 Å². The van der Waals surface area contributed by atoms with Gasteiger partial charge in [0.1, 0.15) is 0 Å². The lowest BCUT2D eigenvalue weighted by Gasteiger charge is -2.16. The van der Waals surface area contributed by atoms with Gasteiger partial charge in [0.25, 0.3) is 0 Å². The number of nitriles is 1. The Bertz CT molecular complexity index is 402. The summed E-state index contributed by atoms with van der Waals surface area (Å²) in [6.07, 6.45) is 1.88. The zero-order valence-corrected chi connectivity index (χ0v) is 13.2. The number of rotatable bonds is 5. The Morgan fingerprint density at radius 2 is 1.88 bits per heavy atom. The molecule has 0 aliphatic rings. The van der Waals surface area contributed by atoms with Gasteiger partial charge in [-0.15, -0.1) is 0 Å². The van der Waals surface area contributed by atoms with E-state index in [4.69, 9.17) is 5.26 Å². The van der Waals surface area contributed by atoms with Gasteiger partial charge < -0.3 is 5.32 Å². The molecule has 0 bridgehead atoms. The number of nitrogens with one attached hydrogen (secondary N) is 1. The summed E-state index contributed by atoms with van der Waals surface area (Å²) in [5.74, 6) is 0. The first kappa shape index (κ1) is 14.5. The van der Waals surface area contributed by atoms with Gasteiger partial charge in [0.15, 0.2) is 0 Å². The van der Waals surface area contributed by atoms with E-state index in [2.05, 4.69) is 43.2 Å². The van der Waals surface area contributed by atoms with Crippen molar-refractivity contribution in [3.8, 4) is 6.07 Å². The van der Waals surface area contributed by atoms with Crippen molar-refractivity contribution in [3.63, 3.8) is 0 Å². The van der Waals surface area contributed by atoms with E-state index in [0.29, 0.717) is 0 Å². The van der Waals surface area contributed by atoms with Crippen molar-refractivity contribution < 1.29 is 0 Å². The molecule has 0 amide bonds. The molecular formula is C13H16Br2N2. The molecule has 1 rings (SSSR count). The summed E-state index contributed by atoms with van der Waals surface area (Å²) in [5, 5.41) is 12.3. The van der Waals surface area contributed by atoms with Crippen LogP contribution in [0.3, 0.4) is 0 Å². The molecule has 0 aromatic heterocycles. The van der Waals surface area contributed by atoms with E-state index in [9.17, 15) is 0 Å². The van der Waals surface area contributed by atoms with Gasteiger partial charge >= 0.3 is 0 Å². The molecule has 0 saturated heterocycles. The van der Waals surface area contributed by atoms with Gasteiger partial charge in [0.05, 0.1) is 17.2 Å². The molecule has 0 aliphatic carbocycles. The molecule has 1 N–H and O–H groups in total. The SMILES string of the molecule is CC(C)(C#N)CCCNc1c(Br)cccc1Br. The van der Waals surface area contributed by atoms with Crippen LogP contribution < -0.4 is 5.32 Å². The first-order valence-corrected chi connectivity index (χ1v) is 7.14. The topological polar surface area (TPSA) is 35.8 Å². The third-order valence-corrected chi connectivity index (χ3v) is 3.87. The molecule has 2 nitrogen and oxygen atoms in total. The van der Waals surface area contributed by atoms with Gasteiger partial charge in [-0.2, -0.15) is 5.26 Å². The van der Waals surface area contributed by atoms with E-state index in [1.165, 1.54) is 0 Å². The van der Waals surface area contributed by atoms with Crippen molar-refractivity contribution in [2.45, 2.75) is 26.7 Å². The van der Waals surface area contributed by atoms with Crippen LogP contribution >= 0.6 is 31.9 Å². The van der Waals surface area contributed by atoms with Gasteiger partial charge in [-0.1, -0.05) is 6.07 Å². The van der Waals surface area contributed by atoms with Crippen LogP contribution in [-0.4, -0.2) is 6.54 Å². The van der Waals surface area contributed by atoms with Crippen molar-refractivity contribution in [2.24, 2.45) is 5.41 Å². The van der Waals surface area contributed by atoms with Crippen LogP contribution in [-0.2, 0) is 0 Å². The second-order valence-electron chi connectivity index (χ2n) is 4.62. The summed E-state index contributed by atoms with van der Waals surface area (Å²) >= 11 is 7.02. The lowest BCUT2D eigenvalue weighted by molar-refractivity contribution is 0.441. The highest BCUT2D eigenvalue weighted by atomic mass is 79.9. The number of anilines is 1. The maximum absolute atomic E-state index is 8.91. The third-order valence-electron chi connectivity index (χ3n) is 2.55. The Labute approximate surface area is 120 Å². The normalized spacial score (nSPS) is 11.0. The summed E-state index contributed by atoms with van der Waals surface area (Å²) in [7, 11) is 0. The molecule has 1 aromatic carbocycles. The van der Waals surface area contributed by atoms with Crippen LogP contribution in [0.5, 0.6) is 0 Å². The Balaban J connectivity index is 2.45. The molecule has 4 heteroatoms. The molecule has 0 spiro atoms. The molecule has 1 aromatic rings. The Kier molecular flexibility index (Phi) is 5.48. The molecule has 0 atom stereocenters. The van der Waals surface area contributed by atoms with Crippen LogP contribution in [0.1, 0.15) is 26.7 Å². The Morgan fingerprint density at radius 1 is 1.29 bits per heavy atom. The fourth-order valence-electron chi connectivity index (χ4n) is 1.47. The van der Waals surface area contributed by atoms with Crippen LogP contribution in [0, 0.1) is 16.7 Å². The molecule has 0 radical (unpaired) electrons. The molecule has 0 saturated carbocycles. The van der Waals surface area contributed by atoms with Crippen molar-refractivity contribution in [1.29, 1.82) is 5.26 Å². The summed E-state index contributed by atoms with van der Waals surface area (Å²) < 4.78 is 2.10. The predicted molar refractivity (Wildman–Crippen MR) is 79.0 cm³/mol. The van der Waals surface area contributed by atoms with Crippen molar-refractivity contribution in [1.82, 2.24) is 0 Å². The molecule has 17 heavy (non-hydrogen) atoms. The highest BCUT2D eigenvalue weighted by Gasteiger charge is 2.15. The number of para-hydroxylation sites is 1. The van der Waals surface area contributed by atoms with Crippen molar-refractivity contribution in [3.05, 3.63) is 27.1 Å². The smallest absolute Gasteiger partial charge is 0.0683 e. The minimum absolute atomic E-state index is 0.229. The fourth-order valence-corrected chi connectivity index (χ4v) is 2.75. The molecule has 0 unspecified atom stereocenters. The fraction of sp³-hybridized carbons (Fsp3) is 0.462. The standard InChI is InChI=1S/C13H16Br2N2/c1-13(2,9-16)7-4-8-17-12-10(14)5-3-6-11(12)15/h3,5-6,17H,4,7-8H2,1-2H3. The van der Waals surface area contributed by atoms with Gasteiger partial charge in [-0.25, -0.2) is 0 Å². The van der Waals surface area contributed by atoms with E-state index < -0.39 is 0 Å². The summed E-state index contributed by atoms with van der Waals surface area (Å²) in [6, 6.07) is 8.31. The average molecular weight is 360 g/mol. The molecule has 0 fully saturated rings. The van der Waals surface area contributed by atoms with E-state index in [0.717, 1.165) is 34.0 Å². The molecular weight excluding hydrogens is 344 g/mol. The highest BCUT2D eigenvalue weighted by molar-refractivity contribution is 9.11. The van der Waals surface area contributed by atoms with Gasteiger partial charge in [-0.3, -0.25) is 0 Å². The second-order valence-corrected chi connectivity index (χ2v) is 6.33. The monoisotopic (exact) mass is 358 g/mol. The second kappa shape index (κ2) is 6.42. The number of hydrogen-bond donors (Lipinski definition) is 1. The molecule has 92 valence electrons. The lowest BCUT2D eigenvalue weighted by atomic mass is 9.90. The first-order valence-electron chi connectivity index (χ1n) is 5.55. The van der Waals surface area contributed by atoms with E-state index in [1.54, 1.807) is 0 Å². The average Bonchev–Trinajstić information content (AvgIpc) is 2.27. The third kappa shape index (κ3) is 4.69. The van der Waals surface area contributed by atoms with Crippen LogP contribution in [0.2, 0.25) is 0 Å². The number of nitrogens with zero attached hydrogens (tertiary/aromatic N) is 1. The Hall–Kier alpha value is -0.530. The summed E-state index contributed by atoms with van der Waals surface area (Å²) in [5.41, 5.74) is 0.842. The van der Waals surface area contributed by atoms with Gasteiger partial charge in [0, 0.05) is 15.5 Å². The first-order chi connectivity index (χ1) is 7.96. The Morgan fingerprint density at radius 3 is 2.41 bits per heavy atom. The molecule has 0 heterocycles. The van der Waals surface area contributed by atoms with Crippen LogP contribution in [0.4, 0.5) is 5.69 Å². The largest absolute Gasteiger partial charge is 0.383 e. The maximum Gasteiger partial charge on any atom is 0.0683 e. The van der Waals surface area contributed by atoms with Crippen LogP contribution in [0.15, 0.2) is 27.1 Å². The van der Waals surface area contributed by atoms with Gasteiger partial charge in [0.2, 0.25) is 0 Å². The number of halogens is 2. The predicted octanol–water partition coefficient (Wildman–Crippen LogP) is 4.95. The summed E-state index contributed by atoms with van der Waals surface area (Å²) in [6.45, 7) is 4.81. The zero-order valence-electron chi connectivity index (χ0n) is 10.1. The number of hydrogen-bond acceptors (Lipinski definition) is 2. The van der Waals surface area contributed by atoms with E-state index in [-0.39, 0.29) is 5.41 Å².